The fourth-order valence-corrected chi connectivity index (χ4v) is 4.21. The summed E-state index contributed by atoms with van der Waals surface area (Å²) in [6, 6.07) is 8.99. The largest absolute Gasteiger partial charge is 0.337 e. The van der Waals surface area contributed by atoms with Crippen LogP contribution in [0.15, 0.2) is 48.9 Å². The van der Waals surface area contributed by atoms with E-state index in [2.05, 4.69) is 20.3 Å². The first-order chi connectivity index (χ1) is 14.6. The van der Waals surface area contributed by atoms with E-state index < -0.39 is 0 Å². The van der Waals surface area contributed by atoms with Crippen LogP contribution in [0.3, 0.4) is 0 Å². The molecule has 1 aliphatic heterocycles. The topological polar surface area (TPSA) is 105 Å². The van der Waals surface area contributed by atoms with Gasteiger partial charge in [0.15, 0.2) is 10.9 Å². The number of rotatable bonds is 6. The molecule has 30 heavy (non-hydrogen) atoms. The van der Waals surface area contributed by atoms with Crippen LogP contribution in [0.4, 0.5) is 5.13 Å². The van der Waals surface area contributed by atoms with Crippen molar-refractivity contribution in [2.75, 3.05) is 11.9 Å². The number of aromatic nitrogens is 3. The summed E-state index contributed by atoms with van der Waals surface area (Å²) in [6.45, 7) is 0.985. The number of benzene rings is 1. The molecule has 2 aromatic heterocycles. The minimum absolute atomic E-state index is 0.0338. The Kier molecular flexibility index (Phi) is 5.89. The summed E-state index contributed by atoms with van der Waals surface area (Å²) in [5, 5.41) is 3.21. The molecule has 0 saturated carbocycles. The third-order valence-electron chi connectivity index (χ3n) is 4.76. The Morgan fingerprint density at radius 1 is 1.10 bits per heavy atom. The highest BCUT2D eigenvalue weighted by Gasteiger charge is 2.25. The van der Waals surface area contributed by atoms with Gasteiger partial charge >= 0.3 is 0 Å². The van der Waals surface area contributed by atoms with Crippen molar-refractivity contribution in [3.63, 3.8) is 0 Å². The number of ketones is 1. The van der Waals surface area contributed by atoms with Crippen LogP contribution in [-0.4, -0.2) is 44.0 Å². The van der Waals surface area contributed by atoms with E-state index in [0.29, 0.717) is 30.2 Å². The first-order valence-electron chi connectivity index (χ1n) is 9.52. The molecule has 0 bridgehead atoms. The van der Waals surface area contributed by atoms with Crippen molar-refractivity contribution in [1.29, 1.82) is 0 Å². The van der Waals surface area contributed by atoms with E-state index in [1.807, 2.05) is 18.2 Å². The average Bonchev–Trinajstić information content (AvgIpc) is 3.19. The number of fused-ring (bicyclic) bond motifs is 1. The normalized spacial score (nSPS) is 12.9. The third kappa shape index (κ3) is 4.57. The molecule has 1 aliphatic rings. The van der Waals surface area contributed by atoms with Gasteiger partial charge in [-0.1, -0.05) is 41.7 Å². The van der Waals surface area contributed by atoms with Crippen LogP contribution in [0.1, 0.15) is 44.3 Å². The monoisotopic (exact) mass is 421 g/mol. The highest BCUT2D eigenvalue weighted by molar-refractivity contribution is 7.15. The molecule has 4 rings (SSSR count). The fourth-order valence-electron chi connectivity index (χ4n) is 3.19. The maximum absolute atomic E-state index is 12.6. The second-order valence-corrected chi connectivity index (χ2v) is 7.87. The Morgan fingerprint density at radius 2 is 1.93 bits per heavy atom. The van der Waals surface area contributed by atoms with Crippen molar-refractivity contribution in [2.45, 2.75) is 25.8 Å². The van der Waals surface area contributed by atoms with Crippen molar-refractivity contribution in [3.05, 3.63) is 70.8 Å². The molecule has 0 radical (unpaired) electrons. The number of nitrogens with zero attached hydrogens (tertiary/aromatic N) is 4. The second-order valence-electron chi connectivity index (χ2n) is 6.79. The molecule has 2 amide bonds. The molecule has 152 valence electrons. The Balaban J connectivity index is 1.34. The summed E-state index contributed by atoms with van der Waals surface area (Å²) in [7, 11) is 0. The molecule has 0 atom stereocenters. The van der Waals surface area contributed by atoms with Crippen molar-refractivity contribution in [3.8, 4) is 0 Å². The standard InChI is InChI=1S/C21H19N5O3S/c27-17(14-4-2-1-3-5-14)6-7-19(28)26-11-8-15-18(13-26)30-21(24-15)25-20(29)16-12-22-9-10-23-16/h1-5,9-10,12H,6-8,11,13H2,(H,24,25,29). The Morgan fingerprint density at radius 3 is 2.70 bits per heavy atom. The van der Waals surface area contributed by atoms with Gasteiger partial charge in [0.25, 0.3) is 5.91 Å². The zero-order valence-corrected chi connectivity index (χ0v) is 16.9. The van der Waals surface area contributed by atoms with Crippen molar-refractivity contribution >= 4 is 34.1 Å². The van der Waals surface area contributed by atoms with Crippen LogP contribution in [-0.2, 0) is 17.8 Å². The molecule has 3 aromatic rings. The average molecular weight is 421 g/mol. The molecule has 9 heteroatoms. The summed E-state index contributed by atoms with van der Waals surface area (Å²) < 4.78 is 0. The Bertz CT molecular complexity index is 1070. The minimum Gasteiger partial charge on any atom is -0.337 e. The van der Waals surface area contributed by atoms with E-state index in [1.54, 1.807) is 17.0 Å². The highest BCUT2D eigenvalue weighted by Crippen LogP contribution is 2.29. The number of carbonyl (C=O) groups excluding carboxylic acids is 3. The van der Waals surface area contributed by atoms with Crippen LogP contribution >= 0.6 is 11.3 Å². The zero-order valence-electron chi connectivity index (χ0n) is 16.1. The van der Waals surface area contributed by atoms with Crippen molar-refractivity contribution in [2.24, 2.45) is 0 Å². The van der Waals surface area contributed by atoms with Crippen LogP contribution in [0.2, 0.25) is 0 Å². The van der Waals surface area contributed by atoms with Crippen LogP contribution in [0.25, 0.3) is 0 Å². The van der Waals surface area contributed by atoms with E-state index in [9.17, 15) is 14.4 Å². The summed E-state index contributed by atoms with van der Waals surface area (Å²) in [5.74, 6) is -0.460. The van der Waals surface area contributed by atoms with Gasteiger partial charge in [0.2, 0.25) is 5.91 Å². The van der Waals surface area contributed by atoms with Crippen LogP contribution in [0, 0.1) is 0 Å². The van der Waals surface area contributed by atoms with Gasteiger partial charge in [-0.15, -0.1) is 0 Å². The maximum atomic E-state index is 12.6. The number of anilines is 1. The highest BCUT2D eigenvalue weighted by atomic mass is 32.1. The zero-order chi connectivity index (χ0) is 20.9. The molecular weight excluding hydrogens is 402 g/mol. The van der Waals surface area contributed by atoms with E-state index in [1.165, 1.54) is 29.9 Å². The van der Waals surface area contributed by atoms with E-state index in [-0.39, 0.29) is 36.1 Å². The van der Waals surface area contributed by atoms with Gasteiger partial charge in [-0.3, -0.25) is 24.7 Å². The van der Waals surface area contributed by atoms with Gasteiger partial charge in [0, 0.05) is 48.6 Å². The number of thiazole rings is 1. The minimum atomic E-state index is -0.374. The number of Topliss-reactive ketones (excluding diaryl/α,β-unsaturated/α-hetero) is 1. The number of hydrogen-bond donors (Lipinski definition) is 1. The maximum Gasteiger partial charge on any atom is 0.277 e. The van der Waals surface area contributed by atoms with Crippen molar-refractivity contribution in [1.82, 2.24) is 19.9 Å². The Hall–Kier alpha value is -3.46. The van der Waals surface area contributed by atoms with E-state index >= 15 is 0 Å². The summed E-state index contributed by atoms with van der Waals surface area (Å²) in [5.41, 5.74) is 1.72. The summed E-state index contributed by atoms with van der Waals surface area (Å²) in [6.07, 6.45) is 5.32. The van der Waals surface area contributed by atoms with E-state index in [0.717, 1.165) is 10.6 Å². The second kappa shape index (κ2) is 8.91. The number of amides is 2. The predicted molar refractivity (Wildman–Crippen MR) is 111 cm³/mol. The molecule has 0 spiro atoms. The molecule has 8 nitrogen and oxygen atoms in total. The lowest BCUT2D eigenvalue weighted by atomic mass is 10.1. The molecule has 0 unspecified atom stereocenters. The first-order valence-corrected chi connectivity index (χ1v) is 10.3. The van der Waals surface area contributed by atoms with Gasteiger partial charge in [-0.05, 0) is 0 Å². The lowest BCUT2D eigenvalue weighted by Gasteiger charge is -2.26. The van der Waals surface area contributed by atoms with Gasteiger partial charge in [-0.25, -0.2) is 9.97 Å². The quantitative estimate of drug-likeness (QED) is 0.614. The van der Waals surface area contributed by atoms with Crippen LogP contribution < -0.4 is 5.32 Å². The molecule has 0 saturated heterocycles. The van der Waals surface area contributed by atoms with Crippen molar-refractivity contribution < 1.29 is 14.4 Å². The van der Waals surface area contributed by atoms with Gasteiger partial charge in [0.1, 0.15) is 5.69 Å². The number of nitrogens with one attached hydrogen (secondary N) is 1. The molecule has 1 aromatic carbocycles. The third-order valence-corrected chi connectivity index (χ3v) is 5.76. The molecule has 3 heterocycles. The molecule has 0 aliphatic carbocycles. The lowest BCUT2D eigenvalue weighted by molar-refractivity contribution is -0.132. The smallest absolute Gasteiger partial charge is 0.277 e. The lowest BCUT2D eigenvalue weighted by Crippen LogP contribution is -2.35. The SMILES string of the molecule is O=C(CCC(=O)N1CCc2nc(NC(=O)c3cnccn3)sc2C1)c1ccccc1. The van der Waals surface area contributed by atoms with Gasteiger partial charge in [0.05, 0.1) is 18.4 Å². The van der Waals surface area contributed by atoms with E-state index in [4.69, 9.17) is 0 Å². The molecule has 1 N–H and O–H groups in total. The molecule has 0 fully saturated rings. The number of carbonyl (C=O) groups is 3. The fraction of sp³-hybridized carbons (Fsp3) is 0.238. The predicted octanol–water partition coefficient (Wildman–Crippen LogP) is 2.73. The Labute approximate surface area is 177 Å². The first kappa shape index (κ1) is 19.8. The molecular formula is C21H19N5O3S. The summed E-state index contributed by atoms with van der Waals surface area (Å²) >= 11 is 1.35. The number of hydrogen-bond acceptors (Lipinski definition) is 7. The van der Waals surface area contributed by atoms with Crippen LogP contribution in [0.5, 0.6) is 0 Å². The van der Waals surface area contributed by atoms with Gasteiger partial charge < -0.3 is 4.90 Å². The van der Waals surface area contributed by atoms with Gasteiger partial charge in [-0.2, -0.15) is 0 Å². The summed E-state index contributed by atoms with van der Waals surface area (Å²) in [4.78, 5) is 52.0.